The Morgan fingerprint density at radius 2 is 1.93 bits per heavy atom. The van der Waals surface area contributed by atoms with Crippen LogP contribution in [-0.4, -0.2) is 18.2 Å². The molecule has 0 atom stereocenters. The highest BCUT2D eigenvalue weighted by molar-refractivity contribution is 6.04. The van der Waals surface area contributed by atoms with Gasteiger partial charge in [0.15, 0.2) is 11.5 Å². The Labute approximate surface area is 162 Å². The summed E-state index contributed by atoms with van der Waals surface area (Å²) in [4.78, 5) is 12.5. The fraction of sp³-hybridized carbons (Fsp3) is 0.238. The Morgan fingerprint density at radius 1 is 1.14 bits per heavy atom. The number of hydrogen-bond acceptors (Lipinski definition) is 5. The third-order valence-corrected chi connectivity index (χ3v) is 4.41. The molecule has 7 heteroatoms. The molecule has 2 aromatic carbocycles. The van der Waals surface area contributed by atoms with Gasteiger partial charge in [-0.1, -0.05) is 11.2 Å². The van der Waals surface area contributed by atoms with Gasteiger partial charge in [0.2, 0.25) is 0 Å². The Morgan fingerprint density at radius 3 is 2.57 bits per heavy atom. The number of nitrogens with one attached hydrogen (secondary N) is 1. The van der Waals surface area contributed by atoms with Crippen molar-refractivity contribution in [3.8, 4) is 11.5 Å². The number of aryl methyl sites for hydroxylation is 3. The van der Waals surface area contributed by atoms with Crippen LogP contribution in [0.15, 0.2) is 40.9 Å². The van der Waals surface area contributed by atoms with E-state index in [-0.39, 0.29) is 18.3 Å². The smallest absolute Gasteiger partial charge is 0.255 e. The van der Waals surface area contributed by atoms with Gasteiger partial charge in [0.1, 0.15) is 18.2 Å². The predicted octanol–water partition coefficient (Wildman–Crippen LogP) is 4.58. The summed E-state index contributed by atoms with van der Waals surface area (Å²) in [6, 6.07) is 9.38. The zero-order valence-electron chi connectivity index (χ0n) is 16.1. The summed E-state index contributed by atoms with van der Waals surface area (Å²) in [5.41, 5.74) is 2.89. The Bertz CT molecular complexity index is 994. The van der Waals surface area contributed by atoms with Gasteiger partial charge in [0, 0.05) is 11.3 Å². The number of nitrogens with zero attached hydrogens (tertiary/aromatic N) is 1. The monoisotopic (exact) mass is 384 g/mol. The molecule has 0 saturated heterocycles. The molecule has 0 unspecified atom stereocenters. The Balaban J connectivity index is 1.74. The summed E-state index contributed by atoms with van der Waals surface area (Å²) in [6.07, 6.45) is 0. The van der Waals surface area contributed by atoms with Crippen molar-refractivity contribution in [1.29, 1.82) is 0 Å². The van der Waals surface area contributed by atoms with Gasteiger partial charge in [-0.05, 0) is 56.7 Å². The minimum atomic E-state index is -0.376. The van der Waals surface area contributed by atoms with Crippen molar-refractivity contribution in [2.45, 2.75) is 27.4 Å². The molecular formula is C21H21FN2O4. The second kappa shape index (κ2) is 8.12. The van der Waals surface area contributed by atoms with Gasteiger partial charge in [0.25, 0.3) is 5.91 Å². The van der Waals surface area contributed by atoms with Gasteiger partial charge in [0.05, 0.1) is 18.4 Å². The molecule has 0 saturated carbocycles. The summed E-state index contributed by atoms with van der Waals surface area (Å²) in [7, 11) is 1.50. The maximum Gasteiger partial charge on any atom is 0.255 e. The van der Waals surface area contributed by atoms with E-state index in [0.717, 1.165) is 11.3 Å². The first-order valence-corrected chi connectivity index (χ1v) is 8.69. The summed E-state index contributed by atoms with van der Waals surface area (Å²) >= 11 is 0. The fourth-order valence-electron chi connectivity index (χ4n) is 2.66. The van der Waals surface area contributed by atoms with Gasteiger partial charge in [-0.3, -0.25) is 4.79 Å². The van der Waals surface area contributed by atoms with Gasteiger partial charge < -0.3 is 19.3 Å². The average molecular weight is 384 g/mol. The minimum absolute atomic E-state index is 0.270. The van der Waals surface area contributed by atoms with E-state index >= 15 is 0 Å². The van der Waals surface area contributed by atoms with Crippen LogP contribution in [0.4, 0.5) is 10.1 Å². The number of amides is 1. The molecule has 3 aromatic rings. The first-order chi connectivity index (χ1) is 13.4. The lowest BCUT2D eigenvalue weighted by Gasteiger charge is -2.12. The summed E-state index contributed by atoms with van der Waals surface area (Å²) in [5, 5.41) is 6.56. The molecule has 146 valence electrons. The highest BCUT2D eigenvalue weighted by Gasteiger charge is 2.14. The molecule has 1 N–H and O–H groups in total. The van der Waals surface area contributed by atoms with E-state index in [2.05, 4.69) is 10.5 Å². The first-order valence-electron chi connectivity index (χ1n) is 8.69. The van der Waals surface area contributed by atoms with Gasteiger partial charge in [-0.25, -0.2) is 4.39 Å². The Kier molecular flexibility index (Phi) is 5.63. The van der Waals surface area contributed by atoms with Crippen LogP contribution in [0, 0.1) is 26.6 Å². The zero-order valence-corrected chi connectivity index (χ0v) is 16.1. The van der Waals surface area contributed by atoms with Crippen molar-refractivity contribution in [2.24, 2.45) is 0 Å². The zero-order chi connectivity index (χ0) is 20.3. The maximum atomic E-state index is 13.7. The molecule has 6 nitrogen and oxygen atoms in total. The van der Waals surface area contributed by atoms with E-state index < -0.39 is 0 Å². The lowest BCUT2D eigenvalue weighted by atomic mass is 10.1. The lowest BCUT2D eigenvalue weighted by molar-refractivity contribution is 0.102. The van der Waals surface area contributed by atoms with E-state index in [1.807, 2.05) is 13.8 Å². The first kappa shape index (κ1) is 19.4. The van der Waals surface area contributed by atoms with Crippen LogP contribution in [0.5, 0.6) is 11.5 Å². The summed E-state index contributed by atoms with van der Waals surface area (Å²) < 4.78 is 29.9. The van der Waals surface area contributed by atoms with Crippen molar-refractivity contribution in [3.63, 3.8) is 0 Å². The van der Waals surface area contributed by atoms with Crippen molar-refractivity contribution >= 4 is 11.6 Å². The van der Waals surface area contributed by atoms with Crippen LogP contribution in [0.2, 0.25) is 0 Å². The molecule has 0 aliphatic carbocycles. The van der Waals surface area contributed by atoms with E-state index in [9.17, 15) is 9.18 Å². The third-order valence-electron chi connectivity index (χ3n) is 4.41. The molecule has 1 amide bonds. The van der Waals surface area contributed by atoms with Crippen molar-refractivity contribution in [1.82, 2.24) is 5.16 Å². The van der Waals surface area contributed by atoms with Crippen LogP contribution in [0.25, 0.3) is 0 Å². The van der Waals surface area contributed by atoms with Crippen molar-refractivity contribution in [2.75, 3.05) is 12.4 Å². The number of benzene rings is 2. The normalized spacial score (nSPS) is 10.6. The van der Waals surface area contributed by atoms with Crippen LogP contribution >= 0.6 is 0 Å². The van der Waals surface area contributed by atoms with Crippen LogP contribution in [-0.2, 0) is 6.61 Å². The molecule has 0 aliphatic heterocycles. The number of rotatable bonds is 6. The van der Waals surface area contributed by atoms with E-state index in [0.29, 0.717) is 34.1 Å². The molecular weight excluding hydrogens is 363 g/mol. The number of methoxy groups -OCH3 is 1. The molecule has 3 rings (SSSR count). The lowest BCUT2D eigenvalue weighted by Crippen LogP contribution is -2.12. The van der Waals surface area contributed by atoms with E-state index in [4.69, 9.17) is 14.0 Å². The van der Waals surface area contributed by atoms with E-state index in [1.165, 1.54) is 13.2 Å². The fourth-order valence-corrected chi connectivity index (χ4v) is 2.66. The van der Waals surface area contributed by atoms with Gasteiger partial charge in [-0.2, -0.15) is 0 Å². The second-order valence-corrected chi connectivity index (χ2v) is 6.38. The number of ether oxygens (including phenoxy) is 2. The maximum absolute atomic E-state index is 13.7. The van der Waals surface area contributed by atoms with Crippen molar-refractivity contribution in [3.05, 3.63) is 70.4 Å². The number of carbonyl (C=O) groups excluding carboxylic acids is 1. The topological polar surface area (TPSA) is 73.6 Å². The standard InChI is InChI=1S/C21H21FN2O4/c1-12-5-7-16(10-18(12)22)23-21(25)15-6-8-19(20(9-15)26-4)27-11-17-13(2)24-28-14(17)3/h5-10H,11H2,1-4H3,(H,23,25). The second-order valence-electron chi connectivity index (χ2n) is 6.38. The van der Waals surface area contributed by atoms with Gasteiger partial charge >= 0.3 is 0 Å². The van der Waals surface area contributed by atoms with Crippen LogP contribution in [0.1, 0.15) is 32.9 Å². The molecule has 1 heterocycles. The highest BCUT2D eigenvalue weighted by atomic mass is 19.1. The highest BCUT2D eigenvalue weighted by Crippen LogP contribution is 2.30. The van der Waals surface area contributed by atoms with E-state index in [1.54, 1.807) is 37.3 Å². The molecule has 0 bridgehead atoms. The van der Waals surface area contributed by atoms with Gasteiger partial charge in [-0.15, -0.1) is 0 Å². The molecule has 0 aliphatic rings. The average Bonchev–Trinajstić information content (AvgIpc) is 3.00. The number of carbonyl (C=O) groups is 1. The Hall–Kier alpha value is -3.35. The number of anilines is 1. The number of aromatic nitrogens is 1. The van der Waals surface area contributed by atoms with Crippen LogP contribution in [0.3, 0.4) is 0 Å². The summed E-state index contributed by atoms with van der Waals surface area (Å²) in [5.74, 6) is 0.838. The third kappa shape index (κ3) is 4.14. The minimum Gasteiger partial charge on any atom is -0.493 e. The number of hydrogen-bond donors (Lipinski definition) is 1. The largest absolute Gasteiger partial charge is 0.493 e. The molecule has 0 spiro atoms. The molecule has 1 aromatic heterocycles. The van der Waals surface area contributed by atoms with Crippen molar-refractivity contribution < 1.29 is 23.2 Å². The molecule has 0 fully saturated rings. The predicted molar refractivity (Wildman–Crippen MR) is 102 cm³/mol. The SMILES string of the molecule is COc1cc(C(=O)Nc2ccc(C)c(F)c2)ccc1OCc1c(C)noc1C. The number of halogens is 1. The summed E-state index contributed by atoms with van der Waals surface area (Å²) in [6.45, 7) is 5.59. The quantitative estimate of drug-likeness (QED) is 0.673. The molecule has 0 radical (unpaired) electrons. The van der Waals surface area contributed by atoms with Crippen LogP contribution < -0.4 is 14.8 Å². The molecule has 28 heavy (non-hydrogen) atoms.